The van der Waals surface area contributed by atoms with E-state index < -0.39 is 17.9 Å². The number of halogens is 3. The Kier molecular flexibility index (Phi) is 5.46. The highest BCUT2D eigenvalue weighted by atomic mass is 19.4. The van der Waals surface area contributed by atoms with Gasteiger partial charge in [-0.3, -0.25) is 9.48 Å². The van der Waals surface area contributed by atoms with E-state index >= 15 is 0 Å². The number of para-hydroxylation sites is 1. The van der Waals surface area contributed by atoms with E-state index in [1.54, 1.807) is 37.3 Å². The fourth-order valence-electron chi connectivity index (χ4n) is 3.76. The van der Waals surface area contributed by atoms with E-state index in [4.69, 9.17) is 0 Å². The molecule has 0 aliphatic carbocycles. The van der Waals surface area contributed by atoms with Gasteiger partial charge in [-0.25, -0.2) is 4.98 Å². The van der Waals surface area contributed by atoms with Crippen LogP contribution < -0.4 is 5.32 Å². The van der Waals surface area contributed by atoms with Gasteiger partial charge in [0.25, 0.3) is 5.91 Å². The average molecular weight is 438 g/mol. The number of alkyl halides is 3. The summed E-state index contributed by atoms with van der Waals surface area (Å²) >= 11 is 0. The largest absolute Gasteiger partial charge is 0.435 e. The molecular formula is C24H21F3N4O. The highest BCUT2D eigenvalue weighted by molar-refractivity contribution is 5.96. The molecule has 0 bridgehead atoms. The molecule has 2 aromatic carbocycles. The lowest BCUT2D eigenvalue weighted by Gasteiger charge is -2.18. The monoisotopic (exact) mass is 438 g/mol. The molecule has 0 aliphatic heterocycles. The van der Waals surface area contributed by atoms with Crippen molar-refractivity contribution in [3.8, 4) is 11.3 Å². The fraction of sp³-hybridized carbons (Fsp3) is 0.208. The quantitative estimate of drug-likeness (QED) is 0.461. The van der Waals surface area contributed by atoms with Crippen LogP contribution in [0.4, 0.5) is 13.2 Å². The molecule has 4 rings (SSSR count). The summed E-state index contributed by atoms with van der Waals surface area (Å²) < 4.78 is 41.8. The van der Waals surface area contributed by atoms with Gasteiger partial charge in [0, 0.05) is 24.2 Å². The lowest BCUT2D eigenvalue weighted by molar-refractivity contribution is -0.141. The number of nitrogens with one attached hydrogen (secondary N) is 1. The Bertz CT molecular complexity index is 1310. The summed E-state index contributed by atoms with van der Waals surface area (Å²) in [5.41, 5.74) is 1.64. The predicted molar refractivity (Wildman–Crippen MR) is 116 cm³/mol. The van der Waals surface area contributed by atoms with Gasteiger partial charge in [-0.2, -0.15) is 18.3 Å². The fourth-order valence-corrected chi connectivity index (χ4v) is 3.76. The van der Waals surface area contributed by atoms with Crippen molar-refractivity contribution in [2.24, 2.45) is 7.05 Å². The maximum absolute atomic E-state index is 13.6. The Hall–Kier alpha value is -3.68. The third-order valence-electron chi connectivity index (χ3n) is 5.33. The molecule has 8 heteroatoms. The topological polar surface area (TPSA) is 59.8 Å². The molecule has 0 aliphatic rings. The van der Waals surface area contributed by atoms with Crippen molar-refractivity contribution in [1.82, 2.24) is 20.1 Å². The maximum atomic E-state index is 13.6. The molecule has 4 aromatic rings. The number of fused-ring (bicyclic) bond motifs is 1. The summed E-state index contributed by atoms with van der Waals surface area (Å²) in [5, 5.41) is 7.31. The van der Waals surface area contributed by atoms with Crippen molar-refractivity contribution in [2.75, 3.05) is 0 Å². The van der Waals surface area contributed by atoms with Crippen LogP contribution in [0, 0.1) is 6.92 Å². The number of carbonyl (C=O) groups excluding carboxylic acids is 1. The first-order chi connectivity index (χ1) is 15.1. The first kappa shape index (κ1) is 21.5. The van der Waals surface area contributed by atoms with Gasteiger partial charge in [-0.05, 0) is 43.2 Å². The molecule has 0 saturated heterocycles. The Morgan fingerprint density at radius 3 is 2.50 bits per heavy atom. The van der Waals surface area contributed by atoms with E-state index in [1.807, 2.05) is 31.2 Å². The van der Waals surface area contributed by atoms with Crippen LogP contribution in [0.5, 0.6) is 0 Å². The Morgan fingerprint density at radius 2 is 1.78 bits per heavy atom. The van der Waals surface area contributed by atoms with E-state index in [9.17, 15) is 18.0 Å². The van der Waals surface area contributed by atoms with Crippen LogP contribution in [0.25, 0.3) is 22.2 Å². The SMILES string of the molecule is Cc1ccccc1C(=O)NC(C)c1cc(-c2cn(C)nc2C(F)(F)F)nc2ccccc12. The molecule has 1 atom stereocenters. The van der Waals surface area contributed by atoms with E-state index in [2.05, 4.69) is 15.4 Å². The predicted octanol–water partition coefficient (Wildman–Crippen LogP) is 5.45. The third-order valence-corrected chi connectivity index (χ3v) is 5.33. The second-order valence-electron chi connectivity index (χ2n) is 7.69. The van der Waals surface area contributed by atoms with E-state index in [0.29, 0.717) is 16.6 Å². The van der Waals surface area contributed by atoms with Crippen LogP contribution in [0.15, 0.2) is 60.8 Å². The molecule has 0 saturated carbocycles. The second-order valence-corrected chi connectivity index (χ2v) is 7.69. The molecule has 164 valence electrons. The molecule has 2 heterocycles. The van der Waals surface area contributed by atoms with Gasteiger partial charge in [0.1, 0.15) is 0 Å². The van der Waals surface area contributed by atoms with Crippen molar-refractivity contribution in [2.45, 2.75) is 26.1 Å². The number of hydrogen-bond acceptors (Lipinski definition) is 3. The number of nitrogens with zero attached hydrogens (tertiary/aromatic N) is 3. The summed E-state index contributed by atoms with van der Waals surface area (Å²) in [6, 6.07) is 15.5. The number of carbonyl (C=O) groups is 1. The van der Waals surface area contributed by atoms with Crippen LogP contribution in [0.2, 0.25) is 0 Å². The minimum Gasteiger partial charge on any atom is -0.345 e. The van der Waals surface area contributed by atoms with E-state index in [-0.39, 0.29) is 17.2 Å². The van der Waals surface area contributed by atoms with Gasteiger partial charge in [-0.15, -0.1) is 0 Å². The van der Waals surface area contributed by atoms with Gasteiger partial charge in [0.2, 0.25) is 0 Å². The molecule has 0 radical (unpaired) electrons. The molecule has 1 N–H and O–H groups in total. The highest BCUT2D eigenvalue weighted by Gasteiger charge is 2.38. The third kappa shape index (κ3) is 4.08. The number of pyridine rings is 1. The molecule has 0 fully saturated rings. The number of benzene rings is 2. The summed E-state index contributed by atoms with van der Waals surface area (Å²) in [4.78, 5) is 17.3. The molecule has 1 amide bonds. The van der Waals surface area contributed by atoms with Crippen molar-refractivity contribution in [3.63, 3.8) is 0 Å². The molecular weight excluding hydrogens is 417 g/mol. The summed E-state index contributed by atoms with van der Waals surface area (Å²) in [5.74, 6) is -0.254. The smallest absolute Gasteiger partial charge is 0.345 e. The highest BCUT2D eigenvalue weighted by Crippen LogP contribution is 2.37. The normalized spacial score (nSPS) is 12.7. The van der Waals surface area contributed by atoms with Gasteiger partial charge in [0.15, 0.2) is 5.69 Å². The van der Waals surface area contributed by atoms with Crippen molar-refractivity contribution in [3.05, 3.63) is 83.2 Å². The Morgan fingerprint density at radius 1 is 1.09 bits per heavy atom. The first-order valence-corrected chi connectivity index (χ1v) is 10.0. The van der Waals surface area contributed by atoms with Crippen LogP contribution in [0.1, 0.15) is 40.1 Å². The minimum atomic E-state index is -4.62. The summed E-state index contributed by atoms with van der Waals surface area (Å²) in [7, 11) is 1.44. The number of aromatic nitrogens is 3. The zero-order chi connectivity index (χ0) is 23.0. The summed E-state index contributed by atoms with van der Waals surface area (Å²) in [6.07, 6.45) is -3.31. The molecule has 5 nitrogen and oxygen atoms in total. The average Bonchev–Trinajstić information content (AvgIpc) is 3.15. The molecule has 0 spiro atoms. The zero-order valence-electron chi connectivity index (χ0n) is 17.7. The summed E-state index contributed by atoms with van der Waals surface area (Å²) in [6.45, 7) is 3.65. The zero-order valence-corrected chi connectivity index (χ0v) is 17.7. The van der Waals surface area contributed by atoms with Gasteiger partial charge < -0.3 is 5.32 Å². The van der Waals surface area contributed by atoms with Crippen LogP contribution in [-0.2, 0) is 13.2 Å². The molecule has 32 heavy (non-hydrogen) atoms. The van der Waals surface area contributed by atoms with Crippen molar-refractivity contribution >= 4 is 16.8 Å². The minimum absolute atomic E-state index is 0.107. The molecule has 1 unspecified atom stereocenters. The number of amides is 1. The van der Waals surface area contributed by atoms with Crippen LogP contribution >= 0.6 is 0 Å². The van der Waals surface area contributed by atoms with Gasteiger partial charge in [-0.1, -0.05) is 36.4 Å². The first-order valence-electron chi connectivity index (χ1n) is 10.0. The number of aryl methyl sites for hydroxylation is 2. The van der Waals surface area contributed by atoms with Crippen molar-refractivity contribution in [1.29, 1.82) is 0 Å². The number of rotatable bonds is 4. The lowest BCUT2D eigenvalue weighted by atomic mass is 9.99. The second kappa shape index (κ2) is 8.11. The number of hydrogen-bond donors (Lipinski definition) is 1. The van der Waals surface area contributed by atoms with Gasteiger partial charge >= 0.3 is 6.18 Å². The van der Waals surface area contributed by atoms with Crippen LogP contribution in [0.3, 0.4) is 0 Å². The molecule has 2 aromatic heterocycles. The lowest BCUT2D eigenvalue weighted by Crippen LogP contribution is -2.27. The van der Waals surface area contributed by atoms with E-state index in [0.717, 1.165) is 15.6 Å². The van der Waals surface area contributed by atoms with E-state index in [1.165, 1.54) is 13.2 Å². The van der Waals surface area contributed by atoms with Gasteiger partial charge in [0.05, 0.1) is 22.8 Å². The Balaban J connectivity index is 1.80. The standard InChI is InChI=1S/C24H21F3N4O/c1-14-8-4-5-9-16(14)23(32)28-15(2)18-12-21(29-20-11-7-6-10-17(18)20)19-13-31(3)30-22(19)24(25,26)27/h4-13,15H,1-3H3,(H,28,32). The van der Waals surface area contributed by atoms with Crippen molar-refractivity contribution < 1.29 is 18.0 Å². The Labute approximate surface area is 182 Å². The maximum Gasteiger partial charge on any atom is 0.435 e. The van der Waals surface area contributed by atoms with Crippen LogP contribution in [-0.4, -0.2) is 20.7 Å².